The third kappa shape index (κ3) is 4.44. The van der Waals surface area contributed by atoms with Crippen molar-refractivity contribution < 1.29 is 9.35 Å². The molecule has 0 fully saturated rings. The number of nitrogens with zero attached hydrogens (tertiary/aromatic N) is 3. The van der Waals surface area contributed by atoms with Crippen molar-refractivity contribution in [3.05, 3.63) is 45.7 Å². The highest BCUT2D eigenvalue weighted by molar-refractivity contribution is 9.10. The van der Waals surface area contributed by atoms with Crippen LogP contribution in [0.2, 0.25) is 0 Å². The molecule has 1 aliphatic rings. The number of aryl methyl sites for hydroxylation is 1. The van der Waals surface area contributed by atoms with E-state index in [1.807, 2.05) is 45.9 Å². The molecule has 0 bridgehead atoms. The summed E-state index contributed by atoms with van der Waals surface area (Å²) in [5, 5.41) is 7.34. The van der Waals surface area contributed by atoms with Gasteiger partial charge in [0.05, 0.1) is 5.69 Å². The van der Waals surface area contributed by atoms with Gasteiger partial charge in [0.25, 0.3) is 5.91 Å². The van der Waals surface area contributed by atoms with Crippen LogP contribution in [0.1, 0.15) is 55.4 Å². The molecule has 0 spiro atoms. The van der Waals surface area contributed by atoms with Gasteiger partial charge < -0.3 is 9.87 Å². The van der Waals surface area contributed by atoms with Gasteiger partial charge in [-0.25, -0.2) is 0 Å². The zero-order chi connectivity index (χ0) is 19.8. The Morgan fingerprint density at radius 3 is 2.85 bits per heavy atom. The quantitative estimate of drug-likeness (QED) is 0.709. The number of carbonyl (C=O) groups excluding carboxylic acids is 1. The number of halogens is 1. The number of aromatic nitrogens is 2. The highest BCUT2D eigenvalue weighted by Crippen LogP contribution is 2.25. The lowest BCUT2D eigenvalue weighted by molar-refractivity contribution is 0.102. The lowest BCUT2D eigenvalue weighted by Crippen LogP contribution is -2.28. The maximum Gasteiger partial charge on any atom is 0.276 e. The van der Waals surface area contributed by atoms with Crippen LogP contribution in [0.4, 0.5) is 5.69 Å². The van der Waals surface area contributed by atoms with Crippen LogP contribution in [0.5, 0.6) is 0 Å². The van der Waals surface area contributed by atoms with Crippen molar-refractivity contribution in [2.24, 2.45) is 4.40 Å². The number of anilines is 1. The van der Waals surface area contributed by atoms with Crippen LogP contribution in [-0.4, -0.2) is 30.7 Å². The van der Waals surface area contributed by atoms with E-state index < -0.39 is 16.1 Å². The molecule has 0 saturated carbocycles. The van der Waals surface area contributed by atoms with E-state index in [9.17, 15) is 9.35 Å². The Morgan fingerprint density at radius 1 is 1.41 bits per heavy atom. The van der Waals surface area contributed by atoms with E-state index in [0.29, 0.717) is 5.69 Å². The molecular weight excluding hydrogens is 428 g/mol. The highest BCUT2D eigenvalue weighted by Gasteiger charge is 2.30. The number of fused-ring (bicyclic) bond motifs is 1. The van der Waals surface area contributed by atoms with Gasteiger partial charge in [-0.15, -0.1) is 0 Å². The molecule has 0 saturated heterocycles. The Hall–Kier alpha value is -1.64. The maximum atomic E-state index is 12.7. The first-order chi connectivity index (χ1) is 12.7. The minimum atomic E-state index is -1.34. The molecule has 1 aromatic heterocycles. The number of hydrogen-bond acceptors (Lipinski definition) is 4. The standard InChI is InChI=1S/C19H23BrN4O2S/c1-12-13(20)7-5-8-14(12)21-18(25)16-11-17-15(9-6-10-24(17)22-16)23-27(26)19(2,3)4/h5,7-8,11H,6,9-10H2,1-4H3,(H,21,25). The Balaban J connectivity index is 1.87. The summed E-state index contributed by atoms with van der Waals surface area (Å²) in [5.41, 5.74) is 3.55. The molecule has 1 unspecified atom stereocenters. The molecule has 3 rings (SSSR count). The van der Waals surface area contributed by atoms with Crippen molar-refractivity contribution in [3.63, 3.8) is 0 Å². The van der Waals surface area contributed by atoms with E-state index in [1.165, 1.54) is 0 Å². The molecule has 8 heteroatoms. The second-order valence-electron chi connectivity index (χ2n) is 7.51. The number of hydrogen-bond donors (Lipinski definition) is 1. The fraction of sp³-hybridized carbons (Fsp3) is 0.421. The molecule has 1 atom stereocenters. The molecule has 0 aliphatic carbocycles. The van der Waals surface area contributed by atoms with Crippen molar-refractivity contribution in [3.8, 4) is 0 Å². The van der Waals surface area contributed by atoms with E-state index in [1.54, 1.807) is 10.7 Å². The molecule has 1 aliphatic heterocycles. The average Bonchev–Trinajstić information content (AvgIpc) is 3.03. The first-order valence-electron chi connectivity index (χ1n) is 8.81. The molecule has 1 N–H and O–H groups in total. The van der Waals surface area contributed by atoms with Crippen molar-refractivity contribution in [1.29, 1.82) is 0 Å². The maximum absolute atomic E-state index is 12.7. The molecule has 144 valence electrons. The van der Waals surface area contributed by atoms with E-state index in [-0.39, 0.29) is 5.91 Å². The van der Waals surface area contributed by atoms with Gasteiger partial charge in [0, 0.05) is 16.7 Å². The second kappa shape index (κ2) is 7.77. The van der Waals surface area contributed by atoms with Crippen molar-refractivity contribution in [1.82, 2.24) is 9.78 Å². The van der Waals surface area contributed by atoms with Crippen LogP contribution in [-0.2, 0) is 17.9 Å². The van der Waals surface area contributed by atoms with Crippen LogP contribution in [0.15, 0.2) is 33.1 Å². The second-order valence-corrected chi connectivity index (χ2v) is 10.3. The summed E-state index contributed by atoms with van der Waals surface area (Å²) in [6.07, 6.45) is 1.60. The van der Waals surface area contributed by atoms with Crippen LogP contribution < -0.4 is 5.32 Å². The first kappa shape index (κ1) is 20.1. The first-order valence-corrected chi connectivity index (χ1v) is 10.7. The monoisotopic (exact) mass is 450 g/mol. The predicted molar refractivity (Wildman–Crippen MR) is 113 cm³/mol. The molecule has 2 heterocycles. The van der Waals surface area contributed by atoms with Crippen LogP contribution in [0, 0.1) is 6.92 Å². The minimum Gasteiger partial charge on any atom is -0.591 e. The van der Waals surface area contributed by atoms with Gasteiger partial charge in [-0.3, -0.25) is 9.48 Å². The summed E-state index contributed by atoms with van der Waals surface area (Å²) in [5.74, 6) is -0.269. The van der Waals surface area contributed by atoms with Crippen LogP contribution in [0.3, 0.4) is 0 Å². The molecule has 1 amide bonds. The molecule has 27 heavy (non-hydrogen) atoms. The summed E-state index contributed by atoms with van der Waals surface area (Å²) < 4.78 is 19.1. The summed E-state index contributed by atoms with van der Waals surface area (Å²) in [6, 6.07) is 7.39. The average molecular weight is 451 g/mol. The fourth-order valence-electron chi connectivity index (χ4n) is 2.71. The summed E-state index contributed by atoms with van der Waals surface area (Å²) in [6.45, 7) is 8.34. The SMILES string of the molecule is Cc1c(Br)cccc1NC(=O)c1cc2n(n1)CCCC2=N[S+]([O-])C(C)(C)C. The number of carbonyl (C=O) groups is 1. The lowest BCUT2D eigenvalue weighted by Gasteiger charge is -2.21. The minimum absolute atomic E-state index is 0.269. The highest BCUT2D eigenvalue weighted by atomic mass is 79.9. The van der Waals surface area contributed by atoms with Gasteiger partial charge in [-0.05, 0) is 64.3 Å². The van der Waals surface area contributed by atoms with E-state index >= 15 is 0 Å². The number of nitrogens with one attached hydrogen (secondary N) is 1. The number of rotatable bonds is 3. The third-order valence-corrected chi connectivity index (χ3v) is 6.62. The largest absolute Gasteiger partial charge is 0.591 e. The Morgan fingerprint density at radius 2 is 2.15 bits per heavy atom. The summed E-state index contributed by atoms with van der Waals surface area (Å²) >= 11 is 2.13. The Labute approximate surface area is 170 Å². The topological polar surface area (TPSA) is 82.3 Å². The zero-order valence-corrected chi connectivity index (χ0v) is 18.3. The normalized spacial score (nSPS) is 16.9. The third-order valence-electron chi connectivity index (χ3n) is 4.32. The lowest BCUT2D eigenvalue weighted by atomic mass is 10.1. The van der Waals surface area contributed by atoms with Gasteiger partial charge in [0.2, 0.25) is 0 Å². The molecule has 2 aromatic rings. The van der Waals surface area contributed by atoms with Gasteiger partial charge in [0.15, 0.2) is 5.69 Å². The van der Waals surface area contributed by atoms with Crippen LogP contribution in [0.25, 0.3) is 0 Å². The van der Waals surface area contributed by atoms with E-state index in [4.69, 9.17) is 0 Å². The van der Waals surface area contributed by atoms with Gasteiger partial charge in [-0.2, -0.15) is 5.10 Å². The zero-order valence-electron chi connectivity index (χ0n) is 15.9. The summed E-state index contributed by atoms with van der Waals surface area (Å²) in [7, 11) is 0. The van der Waals surface area contributed by atoms with E-state index in [0.717, 1.165) is 46.5 Å². The van der Waals surface area contributed by atoms with Crippen molar-refractivity contribution in [2.75, 3.05) is 5.32 Å². The van der Waals surface area contributed by atoms with Gasteiger partial charge >= 0.3 is 0 Å². The summed E-state index contributed by atoms with van der Waals surface area (Å²) in [4.78, 5) is 12.7. The molecular formula is C19H23BrN4O2S. The molecule has 0 radical (unpaired) electrons. The fourth-order valence-corrected chi connectivity index (χ4v) is 3.74. The van der Waals surface area contributed by atoms with Crippen LogP contribution >= 0.6 is 15.9 Å². The molecule has 6 nitrogen and oxygen atoms in total. The van der Waals surface area contributed by atoms with Crippen molar-refractivity contribution in [2.45, 2.75) is 51.8 Å². The predicted octanol–water partition coefficient (Wildman–Crippen LogP) is 4.25. The van der Waals surface area contributed by atoms with E-state index in [2.05, 4.69) is 30.7 Å². The smallest absolute Gasteiger partial charge is 0.276 e. The number of benzene rings is 1. The van der Waals surface area contributed by atoms with Crippen molar-refractivity contribution >= 4 is 44.6 Å². The number of amides is 1. The van der Waals surface area contributed by atoms with Gasteiger partial charge in [-0.1, -0.05) is 26.4 Å². The Bertz CT molecular complexity index is 902. The van der Waals surface area contributed by atoms with Gasteiger partial charge in [0.1, 0.15) is 21.8 Å². The molecule has 1 aromatic carbocycles. The Kier molecular flexibility index (Phi) is 5.79.